The highest BCUT2D eigenvalue weighted by molar-refractivity contribution is 7.93. The quantitative estimate of drug-likeness (QED) is 0.150. The summed E-state index contributed by atoms with van der Waals surface area (Å²) in [6, 6.07) is 18.6. The first-order valence-electron chi connectivity index (χ1n) is 20.6. The number of fused-ring (bicyclic) bond motifs is 2. The maximum atomic E-state index is 15.0. The molecule has 2 fully saturated rings. The standard InChI is InChI=1S/C45H50FN7O5S/c1-6-59(56,47-5)37-10-8-34(9-11-37)50-18-19-51(45(50)55)43-41-30(4)49(17-13-38(41)48-53(43)35-23-28(2)42(46)29(3)24-35)44(54)40-26-33-25-32(31-14-20-57-21-15-31)7-12-39(33)52(40)27-36-16-22-58-36/h7-12,18-19,23-26,30-31,36H,6,13-17,20-22,27H2,1-5H3/t30-,36+,59-/m0/s1. The Bertz CT molecular complexity index is 2760. The number of carbonyl (C=O) groups excluding carboxylic acids is 1. The second-order valence-corrected chi connectivity index (χ2v) is 18.7. The normalized spacial score (nSPS) is 19.4. The second kappa shape index (κ2) is 15.4. The number of hydrogen-bond donors (Lipinski definition) is 0. The molecule has 0 N–H and O–H groups in total. The molecule has 2 saturated heterocycles. The van der Waals surface area contributed by atoms with Crippen molar-refractivity contribution in [1.29, 1.82) is 0 Å². The van der Waals surface area contributed by atoms with Crippen LogP contribution in [0.1, 0.15) is 83.5 Å². The largest absolute Gasteiger partial charge is 0.381 e. The van der Waals surface area contributed by atoms with E-state index in [9.17, 15) is 9.00 Å². The van der Waals surface area contributed by atoms with Crippen molar-refractivity contribution in [2.45, 2.75) is 82.9 Å². The smallest absolute Gasteiger partial charge is 0.338 e. The van der Waals surface area contributed by atoms with Crippen LogP contribution in [-0.4, -0.2) is 83.8 Å². The number of nitrogens with zero attached hydrogens (tertiary/aromatic N) is 7. The van der Waals surface area contributed by atoms with E-state index >= 15 is 9.18 Å². The van der Waals surface area contributed by atoms with Crippen molar-refractivity contribution in [2.75, 3.05) is 39.2 Å². The molecule has 0 spiro atoms. The highest BCUT2D eigenvalue weighted by Crippen LogP contribution is 2.38. The molecular weight excluding hydrogens is 770 g/mol. The first-order chi connectivity index (χ1) is 28.5. The van der Waals surface area contributed by atoms with Crippen LogP contribution in [0, 0.1) is 19.7 Å². The minimum Gasteiger partial charge on any atom is -0.381 e. The summed E-state index contributed by atoms with van der Waals surface area (Å²) in [7, 11) is -0.993. The van der Waals surface area contributed by atoms with Crippen LogP contribution in [0.25, 0.3) is 28.1 Å². The monoisotopic (exact) mass is 819 g/mol. The summed E-state index contributed by atoms with van der Waals surface area (Å²) in [5.74, 6) is 0.881. The number of rotatable bonds is 9. The second-order valence-electron chi connectivity index (χ2n) is 16.0. The molecule has 0 bridgehead atoms. The van der Waals surface area contributed by atoms with Gasteiger partial charge in [0.1, 0.15) is 17.3 Å². The number of carbonyl (C=O) groups is 1. The molecule has 3 atom stereocenters. The molecule has 14 heteroatoms. The fourth-order valence-corrected chi connectivity index (χ4v) is 10.4. The molecular formula is C45H50FN7O5S. The van der Waals surface area contributed by atoms with Crippen LogP contribution in [0.2, 0.25) is 0 Å². The molecule has 3 aliphatic rings. The molecule has 6 aromatic rings. The van der Waals surface area contributed by atoms with E-state index in [0.29, 0.717) is 70.1 Å². The lowest BCUT2D eigenvalue weighted by Crippen LogP contribution is -2.41. The van der Waals surface area contributed by atoms with Crippen molar-refractivity contribution in [2.24, 2.45) is 4.36 Å². The number of amides is 1. The lowest BCUT2D eigenvalue weighted by atomic mass is 9.91. The number of ether oxygens (including phenoxy) is 2. The summed E-state index contributed by atoms with van der Waals surface area (Å²) in [6.07, 6.45) is 6.78. The highest BCUT2D eigenvalue weighted by Gasteiger charge is 2.37. The number of aromatic nitrogens is 5. The van der Waals surface area contributed by atoms with Gasteiger partial charge in [0, 0.05) is 85.9 Å². The van der Waals surface area contributed by atoms with E-state index < -0.39 is 15.8 Å². The number of halogens is 1. The van der Waals surface area contributed by atoms with Gasteiger partial charge in [-0.05, 0) is 117 Å². The van der Waals surface area contributed by atoms with Crippen LogP contribution in [0.15, 0.2) is 87.1 Å². The third-order valence-electron chi connectivity index (χ3n) is 12.6. The molecule has 3 aromatic carbocycles. The van der Waals surface area contributed by atoms with Crippen molar-refractivity contribution in [3.63, 3.8) is 0 Å². The minimum absolute atomic E-state index is 0.0367. The highest BCUT2D eigenvalue weighted by atomic mass is 32.2. The van der Waals surface area contributed by atoms with Gasteiger partial charge in [0.2, 0.25) is 0 Å². The first-order valence-corrected chi connectivity index (χ1v) is 22.2. The molecule has 9 rings (SSSR count). The van der Waals surface area contributed by atoms with Crippen LogP contribution in [-0.2, 0) is 32.2 Å². The van der Waals surface area contributed by atoms with Gasteiger partial charge in [-0.15, -0.1) is 0 Å². The Labute approximate surface area is 343 Å². The van der Waals surface area contributed by atoms with Gasteiger partial charge in [-0.25, -0.2) is 22.4 Å². The van der Waals surface area contributed by atoms with Gasteiger partial charge in [0.25, 0.3) is 5.91 Å². The van der Waals surface area contributed by atoms with Gasteiger partial charge in [-0.3, -0.25) is 13.9 Å². The van der Waals surface area contributed by atoms with E-state index in [2.05, 4.69) is 27.1 Å². The van der Waals surface area contributed by atoms with Crippen LogP contribution >= 0.6 is 0 Å². The van der Waals surface area contributed by atoms with Crippen LogP contribution in [0.4, 0.5) is 4.39 Å². The summed E-state index contributed by atoms with van der Waals surface area (Å²) in [5.41, 5.74) is 6.14. The lowest BCUT2D eigenvalue weighted by Gasteiger charge is -2.34. The van der Waals surface area contributed by atoms with Crippen LogP contribution in [0.5, 0.6) is 0 Å². The molecule has 12 nitrogen and oxygen atoms in total. The zero-order chi connectivity index (χ0) is 41.2. The average Bonchev–Trinajstić information content (AvgIpc) is 3.93. The molecule has 0 unspecified atom stereocenters. The van der Waals surface area contributed by atoms with Crippen molar-refractivity contribution >= 4 is 26.5 Å². The van der Waals surface area contributed by atoms with Crippen LogP contribution in [0.3, 0.4) is 0 Å². The van der Waals surface area contributed by atoms with Gasteiger partial charge in [0.15, 0.2) is 0 Å². The number of imidazole rings is 1. The summed E-state index contributed by atoms with van der Waals surface area (Å²) in [6.45, 7) is 10.5. The van der Waals surface area contributed by atoms with Gasteiger partial charge in [-0.2, -0.15) is 5.10 Å². The summed E-state index contributed by atoms with van der Waals surface area (Å²) < 4.78 is 50.8. The predicted molar refractivity (Wildman–Crippen MR) is 225 cm³/mol. The fourth-order valence-electron chi connectivity index (χ4n) is 9.07. The Morgan fingerprint density at radius 1 is 0.949 bits per heavy atom. The molecule has 1 amide bonds. The zero-order valence-corrected chi connectivity index (χ0v) is 35.0. The van der Waals surface area contributed by atoms with E-state index in [1.165, 1.54) is 10.1 Å². The van der Waals surface area contributed by atoms with E-state index in [1.807, 2.05) is 24.8 Å². The van der Waals surface area contributed by atoms with Gasteiger partial charge in [0.05, 0.1) is 38.9 Å². The first kappa shape index (κ1) is 39.2. The minimum atomic E-state index is -2.55. The van der Waals surface area contributed by atoms with Crippen molar-refractivity contribution in [3.8, 4) is 17.2 Å². The topological polar surface area (TPSA) is 118 Å². The maximum Gasteiger partial charge on any atom is 0.338 e. The molecule has 0 radical (unpaired) electrons. The molecule has 6 heterocycles. The molecule has 3 aliphatic heterocycles. The molecule has 0 aliphatic carbocycles. The van der Waals surface area contributed by atoms with Gasteiger partial charge < -0.3 is 18.9 Å². The van der Waals surface area contributed by atoms with Crippen LogP contribution < -0.4 is 5.69 Å². The SMILES string of the molecule is CC[S@@](=O)(=NC)c1ccc(-n2ccn(-c3c4c(nn3-c3cc(C)c(F)c(C)c3)CCN(C(=O)c3cc5cc(C6CCOCC6)ccc5n3C[C@H]3CCO3)[C@H]4C)c2=O)cc1. The Morgan fingerprint density at radius 3 is 2.32 bits per heavy atom. The summed E-state index contributed by atoms with van der Waals surface area (Å²) >= 11 is 0. The fraction of sp³-hybridized carbons (Fsp3) is 0.400. The zero-order valence-electron chi connectivity index (χ0n) is 34.2. The van der Waals surface area contributed by atoms with Gasteiger partial charge >= 0.3 is 5.69 Å². The third-order valence-corrected chi connectivity index (χ3v) is 14.9. The van der Waals surface area contributed by atoms with E-state index in [1.54, 1.807) is 78.9 Å². The average molecular weight is 820 g/mol. The number of aryl methyl sites for hydroxylation is 2. The molecule has 0 saturated carbocycles. The van der Waals surface area contributed by atoms with Crippen molar-refractivity contribution in [3.05, 3.63) is 123 Å². The van der Waals surface area contributed by atoms with E-state index in [4.69, 9.17) is 14.6 Å². The maximum absolute atomic E-state index is 15.0. The number of hydrogen-bond acceptors (Lipinski definition) is 7. The Kier molecular flexibility index (Phi) is 10.2. The van der Waals surface area contributed by atoms with E-state index in [0.717, 1.165) is 61.2 Å². The molecule has 59 heavy (non-hydrogen) atoms. The Morgan fingerprint density at radius 2 is 1.66 bits per heavy atom. The van der Waals surface area contributed by atoms with Crippen molar-refractivity contribution in [1.82, 2.24) is 28.4 Å². The van der Waals surface area contributed by atoms with Crippen molar-refractivity contribution < 1.29 is 22.9 Å². The molecule has 3 aromatic heterocycles. The summed E-state index contributed by atoms with van der Waals surface area (Å²) in [5, 5.41) is 6.11. The van der Waals surface area contributed by atoms with Gasteiger partial charge in [-0.1, -0.05) is 13.0 Å². The Balaban J connectivity index is 1.14. The third kappa shape index (κ3) is 6.74. The number of benzene rings is 3. The lowest BCUT2D eigenvalue weighted by molar-refractivity contribution is -0.0588. The Hall–Kier alpha value is -5.31. The summed E-state index contributed by atoms with van der Waals surface area (Å²) in [4.78, 5) is 32.0. The van der Waals surface area contributed by atoms with E-state index in [-0.39, 0.29) is 23.5 Å². The predicted octanol–water partition coefficient (Wildman–Crippen LogP) is 7.44. The molecule has 308 valence electrons.